The average Bonchev–Trinajstić information content (AvgIpc) is 3.44. The zero-order valence-corrected chi connectivity index (χ0v) is 20.4. The van der Waals surface area contributed by atoms with Gasteiger partial charge in [-0.05, 0) is 34.7 Å². The van der Waals surface area contributed by atoms with E-state index in [-0.39, 0.29) is 18.2 Å². The zero-order valence-electron chi connectivity index (χ0n) is 19.6. The topological polar surface area (TPSA) is 67.9 Å². The smallest absolute Gasteiger partial charge is 0.248 e. The first-order valence-corrected chi connectivity index (χ1v) is 12.7. The van der Waals surface area contributed by atoms with Gasteiger partial charge < -0.3 is 14.8 Å². The number of nitrogens with one attached hydrogen (secondary N) is 1. The van der Waals surface area contributed by atoms with Gasteiger partial charge in [0.25, 0.3) is 0 Å². The maximum atomic E-state index is 13.9. The van der Waals surface area contributed by atoms with E-state index < -0.39 is 6.04 Å². The van der Waals surface area contributed by atoms with Crippen molar-refractivity contribution in [3.05, 3.63) is 112 Å². The third-order valence-corrected chi connectivity index (χ3v) is 6.79. The third kappa shape index (κ3) is 5.42. The van der Waals surface area contributed by atoms with Crippen molar-refractivity contribution in [3.63, 3.8) is 0 Å². The summed E-state index contributed by atoms with van der Waals surface area (Å²) in [6, 6.07) is 27.5. The standard InChI is InChI=1S/C29H26N2O4S/c32-27(19-24-12-7-17-36-24)31(23-13-14-25-26(18-23)35-16-15-34-25)28(22-10-5-2-6-11-22)29(33)30-20-21-8-3-1-4-9-21/h1-14,17-18,28H,15-16,19-20H2,(H,30,33)/t28-/m1/s1. The second-order valence-electron chi connectivity index (χ2n) is 8.36. The number of hydrogen-bond donors (Lipinski definition) is 1. The van der Waals surface area contributed by atoms with Gasteiger partial charge in [-0.25, -0.2) is 0 Å². The fraction of sp³-hybridized carbons (Fsp3) is 0.172. The van der Waals surface area contributed by atoms with Crippen molar-refractivity contribution in [1.29, 1.82) is 0 Å². The molecule has 6 nitrogen and oxygen atoms in total. The molecule has 0 fully saturated rings. The molecule has 5 rings (SSSR count). The molecule has 1 aromatic heterocycles. The number of anilines is 1. The van der Waals surface area contributed by atoms with Crippen molar-refractivity contribution >= 4 is 28.8 Å². The third-order valence-electron chi connectivity index (χ3n) is 5.91. The number of nitrogens with zero attached hydrogens (tertiary/aromatic N) is 1. The number of rotatable bonds is 8. The minimum atomic E-state index is -0.870. The molecule has 4 aromatic rings. The van der Waals surface area contributed by atoms with E-state index >= 15 is 0 Å². The van der Waals surface area contributed by atoms with Crippen molar-refractivity contribution < 1.29 is 19.1 Å². The monoisotopic (exact) mass is 498 g/mol. The molecule has 1 atom stereocenters. The number of ether oxygens (including phenoxy) is 2. The number of thiophene rings is 1. The van der Waals surface area contributed by atoms with Crippen molar-refractivity contribution in [2.45, 2.75) is 19.0 Å². The summed E-state index contributed by atoms with van der Waals surface area (Å²) in [4.78, 5) is 30.1. The Morgan fingerprint density at radius 3 is 2.31 bits per heavy atom. The molecule has 0 radical (unpaired) electrons. The van der Waals surface area contributed by atoms with Crippen LogP contribution in [0.3, 0.4) is 0 Å². The number of benzene rings is 3. The lowest BCUT2D eigenvalue weighted by Gasteiger charge is -2.32. The van der Waals surface area contributed by atoms with Gasteiger partial charge in [-0.2, -0.15) is 0 Å². The Balaban J connectivity index is 1.53. The summed E-state index contributed by atoms with van der Waals surface area (Å²) in [5, 5.41) is 4.98. The molecule has 0 aliphatic carbocycles. The number of carbonyl (C=O) groups excluding carboxylic acids is 2. The number of fused-ring (bicyclic) bond motifs is 1. The molecule has 0 bridgehead atoms. The molecule has 3 aromatic carbocycles. The van der Waals surface area contributed by atoms with E-state index in [0.29, 0.717) is 36.9 Å². The molecule has 1 aliphatic heterocycles. The van der Waals surface area contributed by atoms with Gasteiger partial charge in [0.05, 0.1) is 6.42 Å². The Morgan fingerprint density at radius 1 is 0.861 bits per heavy atom. The van der Waals surface area contributed by atoms with Crippen molar-refractivity contribution in [1.82, 2.24) is 5.32 Å². The van der Waals surface area contributed by atoms with Crippen LogP contribution in [0.5, 0.6) is 11.5 Å². The summed E-state index contributed by atoms with van der Waals surface area (Å²) in [7, 11) is 0. The highest BCUT2D eigenvalue weighted by Crippen LogP contribution is 2.37. The number of carbonyl (C=O) groups is 2. The van der Waals surface area contributed by atoms with Crippen LogP contribution in [0.25, 0.3) is 0 Å². The fourth-order valence-corrected chi connectivity index (χ4v) is 4.90. The highest BCUT2D eigenvalue weighted by molar-refractivity contribution is 7.10. The first kappa shape index (κ1) is 23.6. The van der Waals surface area contributed by atoms with Gasteiger partial charge in [0.1, 0.15) is 19.3 Å². The second kappa shape index (κ2) is 11.1. The molecule has 7 heteroatoms. The van der Waals surface area contributed by atoms with Crippen molar-refractivity contribution in [3.8, 4) is 11.5 Å². The maximum Gasteiger partial charge on any atom is 0.248 e. The van der Waals surface area contributed by atoms with Crippen LogP contribution in [0.15, 0.2) is 96.4 Å². The molecule has 1 N–H and O–H groups in total. The number of amides is 2. The highest BCUT2D eigenvalue weighted by atomic mass is 32.1. The van der Waals surface area contributed by atoms with E-state index in [1.54, 1.807) is 23.1 Å². The van der Waals surface area contributed by atoms with Gasteiger partial charge >= 0.3 is 0 Å². The lowest BCUT2D eigenvalue weighted by molar-refractivity contribution is -0.126. The Morgan fingerprint density at radius 2 is 1.58 bits per heavy atom. The molecule has 1 aliphatic rings. The van der Waals surface area contributed by atoms with Gasteiger partial charge in [-0.1, -0.05) is 66.7 Å². The summed E-state index contributed by atoms with van der Waals surface area (Å²) in [6.45, 7) is 1.26. The lowest BCUT2D eigenvalue weighted by atomic mass is 10.0. The summed E-state index contributed by atoms with van der Waals surface area (Å²) in [5.74, 6) is 0.738. The minimum Gasteiger partial charge on any atom is -0.486 e. The van der Waals surface area contributed by atoms with Crippen molar-refractivity contribution in [2.75, 3.05) is 18.1 Å². The quantitative estimate of drug-likeness (QED) is 0.365. The molecule has 0 saturated heterocycles. The van der Waals surface area contributed by atoms with Gasteiger partial charge in [-0.3, -0.25) is 14.5 Å². The normalized spacial score (nSPS) is 13.0. The van der Waals surface area contributed by atoms with Gasteiger partial charge in [0, 0.05) is 23.2 Å². The molecular formula is C29H26N2O4S. The van der Waals surface area contributed by atoms with Crippen LogP contribution in [0, 0.1) is 0 Å². The molecule has 0 saturated carbocycles. The average molecular weight is 499 g/mol. The Hall–Kier alpha value is -4.10. The van der Waals surface area contributed by atoms with Crippen LogP contribution in [0.2, 0.25) is 0 Å². The Labute approximate surface area is 214 Å². The Bertz CT molecular complexity index is 1310. The van der Waals surface area contributed by atoms with E-state index in [9.17, 15) is 9.59 Å². The minimum absolute atomic E-state index is 0.182. The van der Waals surface area contributed by atoms with E-state index in [0.717, 1.165) is 16.0 Å². The molecule has 2 amide bonds. The van der Waals surface area contributed by atoms with Crippen LogP contribution in [0.4, 0.5) is 5.69 Å². The lowest BCUT2D eigenvalue weighted by Crippen LogP contribution is -2.44. The predicted molar refractivity (Wildman–Crippen MR) is 140 cm³/mol. The molecule has 0 spiro atoms. The van der Waals surface area contributed by atoms with E-state index in [2.05, 4.69) is 5.32 Å². The zero-order chi connectivity index (χ0) is 24.7. The van der Waals surface area contributed by atoms with Crippen LogP contribution < -0.4 is 19.7 Å². The van der Waals surface area contributed by atoms with Crippen LogP contribution in [-0.2, 0) is 22.6 Å². The molecule has 2 heterocycles. The second-order valence-corrected chi connectivity index (χ2v) is 9.40. The largest absolute Gasteiger partial charge is 0.486 e. The van der Waals surface area contributed by atoms with Crippen LogP contribution in [-0.4, -0.2) is 25.0 Å². The predicted octanol–water partition coefficient (Wildman–Crippen LogP) is 5.15. The van der Waals surface area contributed by atoms with Gasteiger partial charge in [0.15, 0.2) is 11.5 Å². The summed E-state index contributed by atoms with van der Waals surface area (Å²) >= 11 is 1.52. The molecule has 182 valence electrons. The Kier molecular flexibility index (Phi) is 7.28. The first-order valence-electron chi connectivity index (χ1n) is 11.8. The maximum absolute atomic E-state index is 13.9. The van der Waals surface area contributed by atoms with Gasteiger partial charge in [-0.15, -0.1) is 11.3 Å². The molecule has 0 unspecified atom stereocenters. The summed E-state index contributed by atoms with van der Waals surface area (Å²) in [5.41, 5.74) is 2.27. The summed E-state index contributed by atoms with van der Waals surface area (Å²) in [6.07, 6.45) is 0.182. The fourth-order valence-electron chi connectivity index (χ4n) is 4.20. The molecule has 36 heavy (non-hydrogen) atoms. The summed E-state index contributed by atoms with van der Waals surface area (Å²) < 4.78 is 11.5. The van der Waals surface area contributed by atoms with Crippen LogP contribution >= 0.6 is 11.3 Å². The van der Waals surface area contributed by atoms with Crippen LogP contribution in [0.1, 0.15) is 22.0 Å². The first-order chi connectivity index (χ1) is 17.7. The van der Waals surface area contributed by atoms with Gasteiger partial charge in [0.2, 0.25) is 11.8 Å². The van der Waals surface area contributed by atoms with E-state index in [1.165, 1.54) is 11.3 Å². The van der Waals surface area contributed by atoms with E-state index in [1.807, 2.05) is 78.2 Å². The number of hydrogen-bond acceptors (Lipinski definition) is 5. The van der Waals surface area contributed by atoms with Crippen molar-refractivity contribution in [2.24, 2.45) is 0 Å². The van der Waals surface area contributed by atoms with E-state index in [4.69, 9.17) is 9.47 Å². The molecular weight excluding hydrogens is 472 g/mol. The SMILES string of the molecule is O=C(NCc1ccccc1)[C@@H](c1ccccc1)N(C(=O)Cc1cccs1)c1ccc2c(c1)OCCO2. The highest BCUT2D eigenvalue weighted by Gasteiger charge is 2.33.